The average molecular weight is 311 g/mol. The molecule has 1 fully saturated rings. The molecule has 1 aliphatic heterocycles. The highest BCUT2D eigenvalue weighted by Gasteiger charge is 2.27. The summed E-state index contributed by atoms with van der Waals surface area (Å²) in [5, 5.41) is 3.45. The predicted octanol–water partition coefficient (Wildman–Crippen LogP) is 3.40. The second kappa shape index (κ2) is 8.14. The van der Waals surface area contributed by atoms with Gasteiger partial charge in [0.05, 0.1) is 19.3 Å². The van der Waals surface area contributed by atoms with Crippen molar-refractivity contribution < 1.29 is 9.47 Å². The summed E-state index contributed by atoms with van der Waals surface area (Å²) in [5.74, 6) is 1.31. The van der Waals surface area contributed by atoms with Crippen LogP contribution in [-0.2, 0) is 11.2 Å². The van der Waals surface area contributed by atoms with Crippen LogP contribution < -0.4 is 10.1 Å². The Morgan fingerprint density at radius 1 is 1.13 bits per heavy atom. The van der Waals surface area contributed by atoms with E-state index in [2.05, 4.69) is 53.8 Å². The van der Waals surface area contributed by atoms with Gasteiger partial charge in [0.25, 0.3) is 0 Å². The number of morpholine rings is 1. The van der Waals surface area contributed by atoms with Gasteiger partial charge in [0.2, 0.25) is 0 Å². The van der Waals surface area contributed by atoms with E-state index in [-0.39, 0.29) is 6.10 Å². The standard InChI is InChI=1S/C20H25NO2/c1-2-22-19-11-7-6-10-17(19)14-18(16-8-4-3-5-9-16)20-15-21-12-13-23-20/h3-11,18,20-21H,2,12-15H2,1H3/t18-,20-/m0/s1. The van der Waals surface area contributed by atoms with Gasteiger partial charge in [0.15, 0.2) is 0 Å². The van der Waals surface area contributed by atoms with E-state index < -0.39 is 0 Å². The molecule has 3 nitrogen and oxygen atoms in total. The summed E-state index contributed by atoms with van der Waals surface area (Å²) in [6, 6.07) is 19.0. The first-order valence-electron chi connectivity index (χ1n) is 8.46. The topological polar surface area (TPSA) is 30.5 Å². The van der Waals surface area contributed by atoms with Gasteiger partial charge in [0.1, 0.15) is 5.75 Å². The molecular formula is C20H25NO2. The lowest BCUT2D eigenvalue weighted by atomic mass is 9.86. The molecule has 1 heterocycles. The number of benzene rings is 2. The van der Waals surface area contributed by atoms with Gasteiger partial charge < -0.3 is 14.8 Å². The van der Waals surface area contributed by atoms with E-state index in [1.165, 1.54) is 11.1 Å². The van der Waals surface area contributed by atoms with Crippen LogP contribution in [0.4, 0.5) is 0 Å². The zero-order valence-electron chi connectivity index (χ0n) is 13.7. The zero-order chi connectivity index (χ0) is 15.9. The first-order chi connectivity index (χ1) is 11.4. The second-order valence-corrected chi connectivity index (χ2v) is 5.88. The molecule has 3 rings (SSSR count). The van der Waals surface area contributed by atoms with Crippen LogP contribution in [-0.4, -0.2) is 32.4 Å². The monoisotopic (exact) mass is 311 g/mol. The van der Waals surface area contributed by atoms with Crippen molar-refractivity contribution in [2.45, 2.75) is 25.4 Å². The fourth-order valence-corrected chi connectivity index (χ4v) is 3.21. The van der Waals surface area contributed by atoms with Gasteiger partial charge in [-0.1, -0.05) is 48.5 Å². The molecule has 0 unspecified atom stereocenters. The van der Waals surface area contributed by atoms with Crippen LogP contribution in [0.1, 0.15) is 24.0 Å². The van der Waals surface area contributed by atoms with Gasteiger partial charge in [-0.05, 0) is 30.5 Å². The summed E-state index contributed by atoms with van der Waals surface area (Å²) in [6.07, 6.45) is 1.12. The van der Waals surface area contributed by atoms with Crippen molar-refractivity contribution in [1.29, 1.82) is 0 Å². The fourth-order valence-electron chi connectivity index (χ4n) is 3.21. The van der Waals surface area contributed by atoms with Crippen molar-refractivity contribution in [1.82, 2.24) is 5.32 Å². The van der Waals surface area contributed by atoms with E-state index in [9.17, 15) is 0 Å². The van der Waals surface area contributed by atoms with Gasteiger partial charge in [0, 0.05) is 19.0 Å². The second-order valence-electron chi connectivity index (χ2n) is 5.88. The predicted molar refractivity (Wildman–Crippen MR) is 93.1 cm³/mol. The molecule has 0 saturated carbocycles. The van der Waals surface area contributed by atoms with E-state index in [1.807, 2.05) is 13.0 Å². The van der Waals surface area contributed by atoms with Crippen LogP contribution in [0.15, 0.2) is 54.6 Å². The van der Waals surface area contributed by atoms with Crippen molar-refractivity contribution in [3.8, 4) is 5.75 Å². The minimum absolute atomic E-state index is 0.195. The number of para-hydroxylation sites is 1. The quantitative estimate of drug-likeness (QED) is 0.887. The summed E-state index contributed by atoms with van der Waals surface area (Å²) in [7, 11) is 0. The van der Waals surface area contributed by atoms with Crippen molar-refractivity contribution in [3.05, 3.63) is 65.7 Å². The fraction of sp³-hybridized carbons (Fsp3) is 0.400. The highest BCUT2D eigenvalue weighted by Crippen LogP contribution is 2.30. The third-order valence-electron chi connectivity index (χ3n) is 4.35. The SMILES string of the molecule is CCOc1ccccc1C[C@@H](c1ccccc1)[C@@H]1CNCCO1. The third kappa shape index (κ3) is 4.12. The Labute approximate surface area is 138 Å². The van der Waals surface area contributed by atoms with E-state index in [4.69, 9.17) is 9.47 Å². The van der Waals surface area contributed by atoms with Crippen LogP contribution in [0.5, 0.6) is 5.75 Å². The summed E-state index contributed by atoms with van der Waals surface area (Å²) in [6.45, 7) is 5.33. The minimum atomic E-state index is 0.195. The lowest BCUT2D eigenvalue weighted by Gasteiger charge is -2.32. The molecule has 2 aromatic rings. The maximum absolute atomic E-state index is 6.06. The smallest absolute Gasteiger partial charge is 0.122 e. The zero-order valence-corrected chi connectivity index (χ0v) is 13.7. The van der Waals surface area contributed by atoms with Crippen molar-refractivity contribution in [3.63, 3.8) is 0 Å². The first-order valence-corrected chi connectivity index (χ1v) is 8.46. The highest BCUT2D eigenvalue weighted by atomic mass is 16.5. The summed E-state index contributed by atoms with van der Waals surface area (Å²) < 4.78 is 11.9. The Balaban J connectivity index is 1.86. The maximum atomic E-state index is 6.06. The molecule has 3 heteroatoms. The number of ether oxygens (including phenoxy) is 2. The highest BCUT2D eigenvalue weighted by molar-refractivity contribution is 5.36. The normalized spacial score (nSPS) is 19.3. The number of nitrogens with one attached hydrogen (secondary N) is 1. The van der Waals surface area contributed by atoms with E-state index in [0.717, 1.165) is 31.9 Å². The molecule has 0 aliphatic carbocycles. The van der Waals surface area contributed by atoms with Crippen molar-refractivity contribution >= 4 is 0 Å². The average Bonchev–Trinajstić information content (AvgIpc) is 2.63. The van der Waals surface area contributed by atoms with Crippen LogP contribution in [0.25, 0.3) is 0 Å². The number of rotatable bonds is 6. The molecule has 0 radical (unpaired) electrons. The molecular weight excluding hydrogens is 286 g/mol. The van der Waals surface area contributed by atoms with Crippen molar-refractivity contribution in [2.75, 3.05) is 26.3 Å². The van der Waals surface area contributed by atoms with Crippen LogP contribution in [0, 0.1) is 0 Å². The molecule has 2 aromatic carbocycles. The van der Waals surface area contributed by atoms with Gasteiger partial charge in [-0.25, -0.2) is 0 Å². The van der Waals surface area contributed by atoms with Gasteiger partial charge in [-0.15, -0.1) is 0 Å². The summed E-state index contributed by atoms with van der Waals surface area (Å²) in [5.41, 5.74) is 2.57. The third-order valence-corrected chi connectivity index (χ3v) is 4.35. The molecule has 1 N–H and O–H groups in total. The molecule has 0 aromatic heterocycles. The first kappa shape index (κ1) is 16.0. The molecule has 0 spiro atoms. The molecule has 0 amide bonds. The molecule has 1 saturated heterocycles. The number of hydrogen-bond acceptors (Lipinski definition) is 3. The van der Waals surface area contributed by atoms with Gasteiger partial charge in [-0.3, -0.25) is 0 Å². The Morgan fingerprint density at radius 2 is 1.91 bits per heavy atom. The van der Waals surface area contributed by atoms with E-state index >= 15 is 0 Å². The summed E-state index contributed by atoms with van der Waals surface area (Å²) >= 11 is 0. The lowest BCUT2D eigenvalue weighted by molar-refractivity contribution is 0.0109. The Morgan fingerprint density at radius 3 is 2.65 bits per heavy atom. The van der Waals surface area contributed by atoms with E-state index in [0.29, 0.717) is 12.5 Å². The maximum Gasteiger partial charge on any atom is 0.122 e. The largest absolute Gasteiger partial charge is 0.494 e. The summed E-state index contributed by atoms with van der Waals surface area (Å²) in [4.78, 5) is 0. The van der Waals surface area contributed by atoms with Gasteiger partial charge >= 0.3 is 0 Å². The minimum Gasteiger partial charge on any atom is -0.494 e. The number of hydrogen-bond donors (Lipinski definition) is 1. The van der Waals surface area contributed by atoms with Crippen molar-refractivity contribution in [2.24, 2.45) is 0 Å². The van der Waals surface area contributed by atoms with Crippen LogP contribution >= 0.6 is 0 Å². The van der Waals surface area contributed by atoms with Gasteiger partial charge in [-0.2, -0.15) is 0 Å². The van der Waals surface area contributed by atoms with E-state index in [1.54, 1.807) is 0 Å². The lowest BCUT2D eigenvalue weighted by Crippen LogP contribution is -2.42. The molecule has 23 heavy (non-hydrogen) atoms. The molecule has 1 aliphatic rings. The Hall–Kier alpha value is -1.84. The van der Waals surface area contributed by atoms with Crippen LogP contribution in [0.2, 0.25) is 0 Å². The Bertz CT molecular complexity index is 594. The van der Waals surface area contributed by atoms with Crippen LogP contribution in [0.3, 0.4) is 0 Å². The Kier molecular flexibility index (Phi) is 5.67. The molecule has 0 bridgehead atoms. The molecule has 122 valence electrons. The molecule has 2 atom stereocenters.